The van der Waals surface area contributed by atoms with E-state index in [2.05, 4.69) is 44.3 Å². The molecule has 2 N–H and O–H groups in total. The van der Waals surface area contributed by atoms with Crippen LogP contribution in [0.1, 0.15) is 50.3 Å². The third kappa shape index (κ3) is 2.00. The Kier molecular flexibility index (Phi) is 2.70. The summed E-state index contributed by atoms with van der Waals surface area (Å²) in [4.78, 5) is 0. The number of aliphatic hydroxyl groups is 1. The smallest absolute Gasteiger partial charge is 0.0829 e. The second-order valence-electron chi connectivity index (χ2n) is 4.80. The number of rotatable bonds is 1. The number of fused-ring (bicyclic) bond motifs is 1. The van der Waals surface area contributed by atoms with Crippen molar-refractivity contribution in [1.82, 2.24) is 0 Å². The lowest BCUT2D eigenvalue weighted by molar-refractivity contribution is 0.158. The van der Waals surface area contributed by atoms with Crippen LogP contribution in [-0.4, -0.2) is 11.1 Å². The molecule has 1 aliphatic rings. The van der Waals surface area contributed by atoms with Crippen molar-refractivity contribution in [2.75, 3.05) is 5.32 Å². The van der Waals surface area contributed by atoms with Crippen molar-refractivity contribution in [2.45, 2.75) is 45.3 Å². The lowest BCUT2D eigenvalue weighted by Gasteiger charge is -2.29. The van der Waals surface area contributed by atoms with E-state index in [0.29, 0.717) is 12.0 Å². The molecular weight excluding hydrogens is 186 g/mol. The summed E-state index contributed by atoms with van der Waals surface area (Å²) < 4.78 is 0. The Morgan fingerprint density at radius 1 is 1.40 bits per heavy atom. The summed E-state index contributed by atoms with van der Waals surface area (Å²) in [6, 6.07) is 6.71. The number of anilines is 1. The Hall–Kier alpha value is -1.02. The summed E-state index contributed by atoms with van der Waals surface area (Å²) in [7, 11) is 0. The lowest BCUT2D eigenvalue weighted by atomic mass is 9.92. The second-order valence-corrected chi connectivity index (χ2v) is 4.80. The standard InChI is InChI=1S/C13H19NO/c1-8(2)10-4-5-12-11(7-10)13(15)6-9(3)14-12/h4-5,7-9,13-15H,6H2,1-3H3/t9-,13+/m1/s1. The maximum absolute atomic E-state index is 10.00. The largest absolute Gasteiger partial charge is 0.388 e. The third-order valence-electron chi connectivity index (χ3n) is 3.08. The molecule has 2 atom stereocenters. The van der Waals surface area contributed by atoms with Crippen LogP contribution in [0.5, 0.6) is 0 Å². The van der Waals surface area contributed by atoms with Gasteiger partial charge in [0.05, 0.1) is 6.10 Å². The molecular formula is C13H19NO. The molecule has 0 saturated carbocycles. The first-order valence-corrected chi connectivity index (χ1v) is 5.66. The van der Waals surface area contributed by atoms with E-state index in [1.54, 1.807) is 0 Å². The molecule has 2 heteroatoms. The van der Waals surface area contributed by atoms with E-state index in [-0.39, 0.29) is 6.10 Å². The fourth-order valence-corrected chi connectivity index (χ4v) is 2.13. The van der Waals surface area contributed by atoms with Crippen LogP contribution in [0.15, 0.2) is 18.2 Å². The van der Waals surface area contributed by atoms with Crippen molar-refractivity contribution in [3.8, 4) is 0 Å². The maximum Gasteiger partial charge on any atom is 0.0829 e. The molecule has 0 amide bonds. The monoisotopic (exact) mass is 205 g/mol. The van der Waals surface area contributed by atoms with Crippen molar-refractivity contribution in [2.24, 2.45) is 0 Å². The van der Waals surface area contributed by atoms with Gasteiger partial charge >= 0.3 is 0 Å². The Morgan fingerprint density at radius 3 is 2.80 bits per heavy atom. The molecule has 0 unspecified atom stereocenters. The van der Waals surface area contributed by atoms with Gasteiger partial charge in [0.1, 0.15) is 0 Å². The van der Waals surface area contributed by atoms with Gasteiger partial charge in [-0.05, 0) is 30.9 Å². The highest BCUT2D eigenvalue weighted by Crippen LogP contribution is 2.34. The summed E-state index contributed by atoms with van der Waals surface area (Å²) in [5.74, 6) is 0.516. The minimum absolute atomic E-state index is 0.310. The van der Waals surface area contributed by atoms with Gasteiger partial charge in [0.2, 0.25) is 0 Å². The van der Waals surface area contributed by atoms with Crippen molar-refractivity contribution in [3.63, 3.8) is 0 Å². The first-order chi connectivity index (χ1) is 7.08. The predicted molar refractivity (Wildman–Crippen MR) is 63.2 cm³/mol. The number of hydrogen-bond donors (Lipinski definition) is 2. The molecule has 0 fully saturated rings. The van der Waals surface area contributed by atoms with Crippen LogP contribution in [0.25, 0.3) is 0 Å². The van der Waals surface area contributed by atoms with Crippen LogP contribution in [0.2, 0.25) is 0 Å². The van der Waals surface area contributed by atoms with Crippen molar-refractivity contribution in [1.29, 1.82) is 0 Å². The molecule has 0 aliphatic carbocycles. The van der Waals surface area contributed by atoms with Gasteiger partial charge in [-0.15, -0.1) is 0 Å². The number of benzene rings is 1. The molecule has 82 valence electrons. The number of nitrogens with one attached hydrogen (secondary N) is 1. The van der Waals surface area contributed by atoms with Crippen LogP contribution in [0, 0.1) is 0 Å². The molecule has 2 nitrogen and oxygen atoms in total. The quantitative estimate of drug-likeness (QED) is 0.738. The van der Waals surface area contributed by atoms with E-state index in [1.807, 2.05) is 0 Å². The molecule has 1 aromatic carbocycles. The SMILES string of the molecule is CC(C)c1ccc2c(c1)[C@@H](O)C[C@@H](C)N2. The normalized spacial score (nSPS) is 24.9. The van der Waals surface area contributed by atoms with Gasteiger partial charge in [0.15, 0.2) is 0 Å². The molecule has 0 bridgehead atoms. The zero-order chi connectivity index (χ0) is 11.0. The lowest BCUT2D eigenvalue weighted by Crippen LogP contribution is -2.25. The van der Waals surface area contributed by atoms with Crippen molar-refractivity contribution >= 4 is 5.69 Å². The fourth-order valence-electron chi connectivity index (χ4n) is 2.13. The molecule has 0 aromatic heterocycles. The highest BCUT2D eigenvalue weighted by molar-refractivity contribution is 5.56. The average molecular weight is 205 g/mol. The van der Waals surface area contributed by atoms with E-state index >= 15 is 0 Å². The minimum atomic E-state index is -0.310. The summed E-state index contributed by atoms with van der Waals surface area (Å²) in [6.45, 7) is 6.45. The van der Waals surface area contributed by atoms with Crippen LogP contribution in [0.4, 0.5) is 5.69 Å². The summed E-state index contributed by atoms with van der Waals surface area (Å²) in [5, 5.41) is 13.4. The van der Waals surface area contributed by atoms with Crippen LogP contribution < -0.4 is 5.32 Å². The molecule has 2 rings (SSSR count). The molecule has 15 heavy (non-hydrogen) atoms. The van der Waals surface area contributed by atoms with Gasteiger partial charge in [0.25, 0.3) is 0 Å². The van der Waals surface area contributed by atoms with Gasteiger partial charge in [-0.3, -0.25) is 0 Å². The molecule has 1 aromatic rings. The van der Waals surface area contributed by atoms with E-state index in [4.69, 9.17) is 0 Å². The fraction of sp³-hybridized carbons (Fsp3) is 0.538. The van der Waals surface area contributed by atoms with Gasteiger partial charge in [-0.25, -0.2) is 0 Å². The first kappa shape index (κ1) is 10.5. The van der Waals surface area contributed by atoms with Crippen molar-refractivity contribution < 1.29 is 5.11 Å². The second kappa shape index (κ2) is 3.86. The molecule has 0 radical (unpaired) electrons. The summed E-state index contributed by atoms with van der Waals surface area (Å²) in [5.41, 5.74) is 3.44. The van der Waals surface area contributed by atoms with E-state index in [9.17, 15) is 5.11 Å². The average Bonchev–Trinajstić information content (AvgIpc) is 2.16. The zero-order valence-electron chi connectivity index (χ0n) is 9.62. The number of hydrogen-bond acceptors (Lipinski definition) is 2. The topological polar surface area (TPSA) is 32.3 Å². The highest BCUT2D eigenvalue weighted by Gasteiger charge is 2.22. The van der Waals surface area contributed by atoms with E-state index < -0.39 is 0 Å². The minimum Gasteiger partial charge on any atom is -0.388 e. The Bertz CT molecular complexity index is 360. The van der Waals surface area contributed by atoms with Crippen LogP contribution >= 0.6 is 0 Å². The third-order valence-corrected chi connectivity index (χ3v) is 3.08. The van der Waals surface area contributed by atoms with Crippen molar-refractivity contribution in [3.05, 3.63) is 29.3 Å². The first-order valence-electron chi connectivity index (χ1n) is 5.66. The van der Waals surface area contributed by atoms with Gasteiger partial charge in [0, 0.05) is 17.3 Å². The van der Waals surface area contributed by atoms with E-state index in [0.717, 1.165) is 17.7 Å². The Balaban J connectivity index is 2.39. The zero-order valence-corrected chi connectivity index (χ0v) is 9.62. The van der Waals surface area contributed by atoms with E-state index in [1.165, 1.54) is 5.56 Å². The van der Waals surface area contributed by atoms with Crippen LogP contribution in [-0.2, 0) is 0 Å². The van der Waals surface area contributed by atoms with Gasteiger partial charge < -0.3 is 10.4 Å². The molecule has 0 spiro atoms. The van der Waals surface area contributed by atoms with Gasteiger partial charge in [-0.2, -0.15) is 0 Å². The maximum atomic E-state index is 10.00. The predicted octanol–water partition coefficient (Wildman–Crippen LogP) is 3.05. The summed E-state index contributed by atoms with van der Waals surface area (Å²) >= 11 is 0. The Morgan fingerprint density at radius 2 is 2.13 bits per heavy atom. The molecule has 1 aliphatic heterocycles. The van der Waals surface area contributed by atoms with Crippen LogP contribution in [0.3, 0.4) is 0 Å². The molecule has 1 heterocycles. The number of aliphatic hydroxyl groups excluding tert-OH is 1. The van der Waals surface area contributed by atoms with Gasteiger partial charge in [-0.1, -0.05) is 26.0 Å². The highest BCUT2D eigenvalue weighted by atomic mass is 16.3. The summed E-state index contributed by atoms with van der Waals surface area (Å²) in [6.07, 6.45) is 0.490. The Labute approximate surface area is 91.3 Å². The molecule has 0 saturated heterocycles.